The standard InChI is InChI=1S/C19H16F3N3O3/c20-19(21,22)18(23-15(26)11-13-7-3-1-4-8-13)16(27)25(17(28)24-18)12-14-9-5-2-6-10-14/h1-10H,11-12H2,(H,23,26)(H,24,28)/t18-/m0/s1. The molecule has 0 saturated carbocycles. The molecule has 1 saturated heterocycles. The molecule has 1 aliphatic heterocycles. The van der Waals surface area contributed by atoms with Crippen molar-refractivity contribution in [3.8, 4) is 0 Å². The van der Waals surface area contributed by atoms with E-state index in [1.165, 1.54) is 0 Å². The van der Waals surface area contributed by atoms with Crippen LogP contribution in [0.2, 0.25) is 0 Å². The lowest BCUT2D eigenvalue weighted by Crippen LogP contribution is -2.69. The van der Waals surface area contributed by atoms with Gasteiger partial charge in [0.25, 0.3) is 11.6 Å². The molecule has 1 aliphatic rings. The normalized spacial score (nSPS) is 19.5. The Morgan fingerprint density at radius 1 is 0.964 bits per heavy atom. The van der Waals surface area contributed by atoms with E-state index in [4.69, 9.17) is 0 Å². The summed E-state index contributed by atoms with van der Waals surface area (Å²) in [5.74, 6) is -2.62. The Morgan fingerprint density at radius 3 is 2.04 bits per heavy atom. The second kappa shape index (κ2) is 7.34. The molecule has 1 heterocycles. The van der Waals surface area contributed by atoms with Crippen molar-refractivity contribution in [2.24, 2.45) is 0 Å². The molecule has 4 amide bonds. The number of nitrogens with one attached hydrogen (secondary N) is 2. The molecule has 28 heavy (non-hydrogen) atoms. The summed E-state index contributed by atoms with van der Waals surface area (Å²) in [6, 6.07) is 15.0. The van der Waals surface area contributed by atoms with Gasteiger partial charge in [-0.15, -0.1) is 0 Å². The zero-order valence-corrected chi connectivity index (χ0v) is 14.5. The summed E-state index contributed by atoms with van der Waals surface area (Å²) in [6.45, 7) is -0.349. The Kier molecular flexibility index (Phi) is 5.08. The second-order valence-corrected chi connectivity index (χ2v) is 6.27. The molecule has 6 nitrogen and oxygen atoms in total. The van der Waals surface area contributed by atoms with Gasteiger partial charge >= 0.3 is 12.2 Å². The SMILES string of the molecule is O=C(Cc1ccccc1)N[C@]1(C(F)(F)F)NC(=O)N(Cc2ccccc2)C1=O. The van der Waals surface area contributed by atoms with Crippen LogP contribution in [0.5, 0.6) is 0 Å². The number of halogens is 3. The Bertz CT molecular complexity index is 888. The van der Waals surface area contributed by atoms with Crippen molar-refractivity contribution in [1.29, 1.82) is 0 Å². The Labute approximate surface area is 158 Å². The molecule has 3 rings (SSSR count). The van der Waals surface area contributed by atoms with Crippen LogP contribution >= 0.6 is 0 Å². The number of hydrogen-bond acceptors (Lipinski definition) is 3. The fraction of sp³-hybridized carbons (Fsp3) is 0.211. The van der Waals surface area contributed by atoms with Crippen LogP contribution in [-0.2, 0) is 22.6 Å². The van der Waals surface area contributed by atoms with Gasteiger partial charge in [0, 0.05) is 0 Å². The van der Waals surface area contributed by atoms with Gasteiger partial charge in [0.2, 0.25) is 5.91 Å². The highest BCUT2D eigenvalue weighted by Crippen LogP contribution is 2.34. The van der Waals surface area contributed by atoms with Crippen LogP contribution in [0.15, 0.2) is 60.7 Å². The summed E-state index contributed by atoms with van der Waals surface area (Å²) in [5, 5.41) is 3.31. The number of benzene rings is 2. The van der Waals surface area contributed by atoms with E-state index < -0.39 is 29.7 Å². The highest BCUT2D eigenvalue weighted by Gasteiger charge is 2.68. The molecular formula is C19H16F3N3O3. The highest BCUT2D eigenvalue weighted by molar-refractivity contribution is 6.08. The van der Waals surface area contributed by atoms with Crippen LogP contribution in [0.25, 0.3) is 0 Å². The third-order valence-corrected chi connectivity index (χ3v) is 4.25. The van der Waals surface area contributed by atoms with Crippen molar-refractivity contribution in [2.75, 3.05) is 0 Å². The molecule has 0 aliphatic carbocycles. The first-order valence-corrected chi connectivity index (χ1v) is 8.32. The van der Waals surface area contributed by atoms with Crippen LogP contribution in [0.1, 0.15) is 11.1 Å². The first-order chi connectivity index (χ1) is 13.2. The van der Waals surface area contributed by atoms with E-state index in [0.717, 1.165) is 0 Å². The molecule has 1 fully saturated rings. The van der Waals surface area contributed by atoms with Crippen molar-refractivity contribution in [3.05, 3.63) is 71.8 Å². The van der Waals surface area contributed by atoms with E-state index >= 15 is 0 Å². The third kappa shape index (κ3) is 3.68. The van der Waals surface area contributed by atoms with Gasteiger partial charge in [0.05, 0.1) is 13.0 Å². The van der Waals surface area contributed by atoms with Crippen LogP contribution < -0.4 is 10.6 Å². The minimum Gasteiger partial charge on any atom is -0.318 e. The topological polar surface area (TPSA) is 78.5 Å². The Morgan fingerprint density at radius 2 is 1.50 bits per heavy atom. The molecule has 2 aromatic rings. The second-order valence-electron chi connectivity index (χ2n) is 6.27. The molecular weight excluding hydrogens is 375 g/mol. The van der Waals surface area contributed by atoms with Crippen LogP contribution in [0, 0.1) is 0 Å². The highest BCUT2D eigenvalue weighted by atomic mass is 19.4. The number of rotatable bonds is 5. The van der Waals surface area contributed by atoms with E-state index in [0.29, 0.717) is 16.0 Å². The number of hydrogen-bond donors (Lipinski definition) is 2. The quantitative estimate of drug-likeness (QED) is 0.768. The van der Waals surface area contributed by atoms with Crippen molar-refractivity contribution >= 4 is 17.8 Å². The lowest BCUT2D eigenvalue weighted by molar-refractivity contribution is -0.204. The molecule has 0 spiro atoms. The predicted molar refractivity (Wildman–Crippen MR) is 92.6 cm³/mol. The molecule has 0 radical (unpaired) electrons. The van der Waals surface area contributed by atoms with Crippen molar-refractivity contribution in [2.45, 2.75) is 24.8 Å². The van der Waals surface area contributed by atoms with Crippen LogP contribution in [0.3, 0.4) is 0 Å². The lowest BCUT2D eigenvalue weighted by Gasteiger charge is -2.30. The summed E-state index contributed by atoms with van der Waals surface area (Å²) in [4.78, 5) is 37.4. The molecule has 146 valence electrons. The number of amides is 4. The summed E-state index contributed by atoms with van der Waals surface area (Å²) >= 11 is 0. The van der Waals surface area contributed by atoms with Gasteiger partial charge in [-0.3, -0.25) is 19.8 Å². The zero-order valence-electron chi connectivity index (χ0n) is 14.5. The molecule has 0 aromatic heterocycles. The van der Waals surface area contributed by atoms with E-state index in [1.807, 2.05) is 0 Å². The van der Waals surface area contributed by atoms with Gasteiger partial charge in [-0.2, -0.15) is 13.2 Å². The number of alkyl halides is 3. The van der Waals surface area contributed by atoms with E-state index in [1.54, 1.807) is 71.3 Å². The monoisotopic (exact) mass is 391 g/mol. The maximum absolute atomic E-state index is 13.8. The number of carbonyl (C=O) groups is 3. The number of carbonyl (C=O) groups excluding carboxylic acids is 3. The molecule has 1 atom stereocenters. The van der Waals surface area contributed by atoms with E-state index in [9.17, 15) is 27.6 Å². The average molecular weight is 391 g/mol. The molecule has 2 N–H and O–H groups in total. The Hall–Kier alpha value is -3.36. The minimum atomic E-state index is -5.22. The van der Waals surface area contributed by atoms with Gasteiger partial charge in [-0.1, -0.05) is 60.7 Å². The number of nitrogens with zero attached hydrogens (tertiary/aromatic N) is 1. The fourth-order valence-electron chi connectivity index (χ4n) is 2.87. The smallest absolute Gasteiger partial charge is 0.318 e. The minimum absolute atomic E-state index is 0.349. The van der Waals surface area contributed by atoms with Crippen LogP contribution in [0.4, 0.5) is 18.0 Å². The van der Waals surface area contributed by atoms with Gasteiger partial charge in [-0.05, 0) is 11.1 Å². The molecule has 2 aromatic carbocycles. The van der Waals surface area contributed by atoms with Gasteiger partial charge < -0.3 is 5.32 Å². The number of imide groups is 1. The van der Waals surface area contributed by atoms with Gasteiger partial charge in [0.15, 0.2) is 0 Å². The van der Waals surface area contributed by atoms with Crippen LogP contribution in [-0.4, -0.2) is 34.6 Å². The summed E-state index contributed by atoms with van der Waals surface area (Å²) in [6.07, 6.45) is -5.60. The largest absolute Gasteiger partial charge is 0.440 e. The predicted octanol–water partition coefficient (Wildman–Crippen LogP) is 2.36. The van der Waals surface area contributed by atoms with Crippen molar-refractivity contribution in [1.82, 2.24) is 15.5 Å². The summed E-state index contributed by atoms with van der Waals surface area (Å²) in [5.41, 5.74) is -2.56. The Balaban J connectivity index is 1.84. The third-order valence-electron chi connectivity index (χ3n) is 4.25. The lowest BCUT2D eigenvalue weighted by atomic mass is 10.1. The first kappa shape index (κ1) is 19.4. The molecule has 0 bridgehead atoms. The molecule has 0 unspecified atom stereocenters. The fourth-order valence-corrected chi connectivity index (χ4v) is 2.87. The summed E-state index contributed by atoms with van der Waals surface area (Å²) in [7, 11) is 0. The number of urea groups is 1. The zero-order chi connectivity index (χ0) is 20.4. The van der Waals surface area contributed by atoms with E-state index in [2.05, 4.69) is 0 Å². The van der Waals surface area contributed by atoms with E-state index in [-0.39, 0.29) is 13.0 Å². The summed E-state index contributed by atoms with van der Waals surface area (Å²) < 4.78 is 41.3. The average Bonchev–Trinajstić information content (AvgIpc) is 2.88. The van der Waals surface area contributed by atoms with Gasteiger partial charge in [0.1, 0.15) is 0 Å². The van der Waals surface area contributed by atoms with Crippen molar-refractivity contribution < 1.29 is 27.6 Å². The van der Waals surface area contributed by atoms with Crippen molar-refractivity contribution in [3.63, 3.8) is 0 Å². The first-order valence-electron chi connectivity index (χ1n) is 8.32. The maximum Gasteiger partial charge on any atom is 0.440 e. The maximum atomic E-state index is 13.8. The van der Waals surface area contributed by atoms with Gasteiger partial charge in [-0.25, -0.2) is 4.79 Å². The molecule has 9 heteroatoms.